The van der Waals surface area contributed by atoms with E-state index in [1.807, 2.05) is 30.3 Å². The molecule has 0 aliphatic heterocycles. The summed E-state index contributed by atoms with van der Waals surface area (Å²) < 4.78 is 9.47. The maximum atomic E-state index is 11.9. The fourth-order valence-electron chi connectivity index (χ4n) is 6.54. The summed E-state index contributed by atoms with van der Waals surface area (Å²) >= 11 is 0. The highest BCUT2D eigenvalue weighted by molar-refractivity contribution is 5.96. The highest BCUT2D eigenvalue weighted by Gasteiger charge is 2.40. The predicted molar refractivity (Wildman–Crippen MR) is 166 cm³/mol. The van der Waals surface area contributed by atoms with Gasteiger partial charge in [0.25, 0.3) is 0 Å². The molecule has 6 rings (SSSR count). The SMILES string of the molecule is CC(C(=O)O)[C@H]1CCCc2cccnc21.COC(=O)C(C(=O)OC)[C@H]1CCCc2cccnc21.O[C@@H]1CCCc2cccnc21. The number of aliphatic hydroxyl groups is 1. The summed E-state index contributed by atoms with van der Waals surface area (Å²) in [5.74, 6) is -3.27. The van der Waals surface area contributed by atoms with Crippen molar-refractivity contribution in [3.63, 3.8) is 0 Å². The Bertz CT molecular complexity index is 1450. The van der Waals surface area contributed by atoms with Crippen LogP contribution in [0.4, 0.5) is 0 Å². The minimum absolute atomic E-state index is 0.0902. The monoisotopic (exact) mass is 617 g/mol. The molecule has 10 nitrogen and oxygen atoms in total. The highest BCUT2D eigenvalue weighted by Crippen LogP contribution is 2.37. The third kappa shape index (κ3) is 8.30. The zero-order valence-corrected chi connectivity index (χ0v) is 26.2. The third-order valence-corrected chi connectivity index (χ3v) is 8.95. The molecule has 0 saturated heterocycles. The summed E-state index contributed by atoms with van der Waals surface area (Å²) in [7, 11) is 2.56. The van der Waals surface area contributed by atoms with Crippen molar-refractivity contribution in [1.82, 2.24) is 15.0 Å². The first-order valence-electron chi connectivity index (χ1n) is 15.6. The van der Waals surface area contributed by atoms with Gasteiger partial charge in [-0.05, 0) is 92.7 Å². The van der Waals surface area contributed by atoms with Crippen molar-refractivity contribution in [2.24, 2.45) is 11.8 Å². The summed E-state index contributed by atoms with van der Waals surface area (Å²) in [5, 5.41) is 18.5. The number of rotatable bonds is 5. The molecule has 3 heterocycles. The van der Waals surface area contributed by atoms with Crippen LogP contribution in [-0.4, -0.2) is 57.3 Å². The molecule has 0 spiro atoms. The number of aliphatic hydroxyl groups excluding tert-OH is 1. The first-order chi connectivity index (χ1) is 21.8. The second-order valence-corrected chi connectivity index (χ2v) is 11.7. The van der Waals surface area contributed by atoms with Crippen LogP contribution in [0.2, 0.25) is 0 Å². The van der Waals surface area contributed by atoms with Gasteiger partial charge >= 0.3 is 17.9 Å². The van der Waals surface area contributed by atoms with E-state index in [1.54, 1.807) is 25.5 Å². The molecule has 3 aliphatic rings. The predicted octanol–water partition coefficient (Wildman–Crippen LogP) is 5.14. The van der Waals surface area contributed by atoms with Crippen LogP contribution in [0, 0.1) is 11.8 Å². The Hall–Kier alpha value is -4.18. The summed E-state index contributed by atoms with van der Waals surface area (Å²) in [6.45, 7) is 1.77. The first-order valence-corrected chi connectivity index (χ1v) is 15.6. The van der Waals surface area contributed by atoms with Crippen molar-refractivity contribution in [2.75, 3.05) is 14.2 Å². The minimum atomic E-state index is -0.927. The molecule has 4 atom stereocenters. The van der Waals surface area contributed by atoms with E-state index in [2.05, 4.69) is 21.0 Å². The van der Waals surface area contributed by atoms with Crippen molar-refractivity contribution >= 4 is 17.9 Å². The lowest BCUT2D eigenvalue weighted by Gasteiger charge is -2.28. The number of carboxylic acids is 1. The number of carboxylic acid groups (broad SMARTS) is 1. The topological polar surface area (TPSA) is 149 Å². The number of hydrogen-bond donors (Lipinski definition) is 2. The molecule has 0 radical (unpaired) electrons. The molecule has 0 amide bonds. The summed E-state index contributed by atoms with van der Waals surface area (Å²) in [4.78, 5) is 47.6. The molecule has 0 fully saturated rings. The second-order valence-electron chi connectivity index (χ2n) is 11.7. The van der Waals surface area contributed by atoms with Crippen molar-refractivity contribution in [1.29, 1.82) is 0 Å². The lowest BCUT2D eigenvalue weighted by molar-refractivity contribution is -0.160. The van der Waals surface area contributed by atoms with Gasteiger partial charge in [-0.1, -0.05) is 25.1 Å². The van der Waals surface area contributed by atoms with E-state index in [1.165, 1.54) is 25.3 Å². The zero-order valence-electron chi connectivity index (χ0n) is 26.2. The number of carbonyl (C=O) groups excluding carboxylic acids is 2. The Morgan fingerprint density at radius 3 is 1.60 bits per heavy atom. The second kappa shape index (κ2) is 16.2. The molecule has 45 heavy (non-hydrogen) atoms. The first kappa shape index (κ1) is 33.7. The number of ether oxygens (including phenoxy) is 2. The number of aryl methyl sites for hydroxylation is 3. The zero-order chi connectivity index (χ0) is 32.3. The quantitative estimate of drug-likeness (QED) is 0.291. The Labute approximate surface area is 264 Å². The standard InChI is InChI=1S/C14H17NO4.C12H15NO2.C9H11NO/c1-18-13(16)11(14(17)19-2)10-7-3-5-9-6-4-8-15-12(9)10;1-8(12(14)15)10-6-2-4-9-5-3-7-13-11(9)10;11-8-5-1-3-7-4-2-6-10-9(7)8/h4,6,8,10-11H,3,5,7H2,1-2H3;3,5,7-8,10H,2,4,6H2,1H3,(H,14,15);2,4,6,8,11H,1,3,5H2/t10-;8?,10-;8-/m111/s1. The number of methoxy groups -OCH3 is 2. The molecule has 240 valence electrons. The van der Waals surface area contributed by atoms with Crippen LogP contribution >= 0.6 is 0 Å². The molecule has 0 bridgehead atoms. The number of fused-ring (bicyclic) bond motifs is 3. The molecule has 10 heteroatoms. The number of hydrogen-bond acceptors (Lipinski definition) is 9. The smallest absolute Gasteiger partial charge is 0.320 e. The molecule has 1 unspecified atom stereocenters. The Morgan fingerprint density at radius 1 is 0.711 bits per heavy atom. The molecular weight excluding hydrogens is 574 g/mol. The fourth-order valence-corrected chi connectivity index (χ4v) is 6.54. The van der Waals surface area contributed by atoms with Crippen LogP contribution in [0.25, 0.3) is 0 Å². The van der Waals surface area contributed by atoms with E-state index < -0.39 is 23.8 Å². The fraction of sp³-hybridized carbons (Fsp3) is 0.486. The Morgan fingerprint density at radius 2 is 1.13 bits per heavy atom. The summed E-state index contributed by atoms with van der Waals surface area (Å²) in [6.07, 6.45) is 13.5. The molecule has 0 saturated carbocycles. The number of pyridine rings is 3. The van der Waals surface area contributed by atoms with E-state index in [0.29, 0.717) is 0 Å². The van der Waals surface area contributed by atoms with Gasteiger partial charge in [0, 0.05) is 41.8 Å². The van der Waals surface area contributed by atoms with Crippen molar-refractivity contribution in [3.05, 3.63) is 88.8 Å². The van der Waals surface area contributed by atoms with E-state index in [-0.39, 0.29) is 23.9 Å². The molecule has 3 aromatic rings. The van der Waals surface area contributed by atoms with Gasteiger partial charge in [0.2, 0.25) is 0 Å². The van der Waals surface area contributed by atoms with Crippen molar-refractivity contribution in [2.45, 2.75) is 82.7 Å². The molecule has 0 aromatic carbocycles. The van der Waals surface area contributed by atoms with E-state index in [4.69, 9.17) is 14.6 Å². The lowest BCUT2D eigenvalue weighted by Crippen LogP contribution is -2.34. The van der Waals surface area contributed by atoms with Gasteiger partial charge in [-0.15, -0.1) is 0 Å². The van der Waals surface area contributed by atoms with Crippen LogP contribution in [0.5, 0.6) is 0 Å². The van der Waals surface area contributed by atoms with Crippen LogP contribution in [-0.2, 0) is 43.1 Å². The number of esters is 2. The Kier molecular flexibility index (Phi) is 12.2. The van der Waals surface area contributed by atoms with Gasteiger partial charge in [-0.3, -0.25) is 29.3 Å². The van der Waals surface area contributed by atoms with Crippen LogP contribution < -0.4 is 0 Å². The third-order valence-electron chi connectivity index (χ3n) is 8.95. The maximum Gasteiger partial charge on any atom is 0.320 e. The molecule has 2 N–H and O–H groups in total. The largest absolute Gasteiger partial charge is 0.481 e. The Balaban J connectivity index is 0.000000159. The lowest BCUT2D eigenvalue weighted by atomic mass is 9.78. The van der Waals surface area contributed by atoms with Crippen LogP contribution in [0.3, 0.4) is 0 Å². The highest BCUT2D eigenvalue weighted by atomic mass is 16.5. The van der Waals surface area contributed by atoms with Crippen molar-refractivity contribution in [3.8, 4) is 0 Å². The number of nitrogens with zero attached hydrogens (tertiary/aromatic N) is 3. The molecule has 3 aromatic heterocycles. The molecule has 3 aliphatic carbocycles. The number of aliphatic carboxylic acids is 1. The van der Waals surface area contributed by atoms with E-state index in [9.17, 15) is 19.5 Å². The van der Waals surface area contributed by atoms with Gasteiger partial charge < -0.3 is 19.7 Å². The maximum absolute atomic E-state index is 11.9. The minimum Gasteiger partial charge on any atom is -0.481 e. The van der Waals surface area contributed by atoms with Gasteiger partial charge in [0.1, 0.15) is 0 Å². The molecular formula is C35H43N3O7. The van der Waals surface area contributed by atoms with Crippen molar-refractivity contribution < 1.29 is 34.1 Å². The average Bonchev–Trinajstić information content (AvgIpc) is 3.08. The van der Waals surface area contributed by atoms with Gasteiger partial charge in [-0.25, -0.2) is 0 Å². The average molecular weight is 618 g/mol. The van der Waals surface area contributed by atoms with E-state index >= 15 is 0 Å². The van der Waals surface area contributed by atoms with Gasteiger partial charge in [0.05, 0.1) is 31.9 Å². The van der Waals surface area contributed by atoms with Crippen LogP contribution in [0.1, 0.15) is 97.2 Å². The van der Waals surface area contributed by atoms with Crippen LogP contribution in [0.15, 0.2) is 55.0 Å². The number of carbonyl (C=O) groups is 3. The summed E-state index contributed by atoms with van der Waals surface area (Å²) in [5.41, 5.74) is 6.23. The normalized spacial score (nSPS) is 20.3. The summed E-state index contributed by atoms with van der Waals surface area (Å²) in [6, 6.07) is 11.8. The van der Waals surface area contributed by atoms with E-state index in [0.717, 1.165) is 80.4 Å². The van der Waals surface area contributed by atoms with Gasteiger partial charge in [-0.2, -0.15) is 0 Å². The number of aromatic nitrogens is 3. The van der Waals surface area contributed by atoms with Gasteiger partial charge in [0.15, 0.2) is 5.92 Å².